The minimum absolute atomic E-state index is 0.0989. The zero-order valence-corrected chi connectivity index (χ0v) is 19.8. The summed E-state index contributed by atoms with van der Waals surface area (Å²) in [5.41, 5.74) is 1.31. The Hall–Kier alpha value is -2.19. The number of ketones is 1. The monoisotopic (exact) mass is 518 g/mol. The van der Waals surface area contributed by atoms with Gasteiger partial charge in [0, 0.05) is 41.2 Å². The second kappa shape index (κ2) is 10.2. The fourth-order valence-electron chi connectivity index (χ4n) is 4.19. The number of morpholine rings is 1. The van der Waals surface area contributed by atoms with Gasteiger partial charge in [0.1, 0.15) is 5.76 Å². The van der Waals surface area contributed by atoms with Gasteiger partial charge in [0.2, 0.25) is 0 Å². The number of ether oxygens (including phenoxy) is 1. The molecule has 0 aliphatic carbocycles. The topological polar surface area (TPSA) is 70.1 Å². The summed E-state index contributed by atoms with van der Waals surface area (Å²) in [6.07, 6.45) is 0.721. The lowest BCUT2D eigenvalue weighted by molar-refractivity contribution is -0.140. The van der Waals surface area contributed by atoms with Crippen LogP contribution >= 0.6 is 27.5 Å². The Morgan fingerprint density at radius 2 is 1.81 bits per heavy atom. The summed E-state index contributed by atoms with van der Waals surface area (Å²) in [4.78, 5) is 29.9. The molecule has 0 aromatic heterocycles. The summed E-state index contributed by atoms with van der Waals surface area (Å²) < 4.78 is 6.22. The van der Waals surface area contributed by atoms with Crippen molar-refractivity contribution in [2.75, 3.05) is 39.4 Å². The van der Waals surface area contributed by atoms with E-state index in [2.05, 4.69) is 20.8 Å². The van der Waals surface area contributed by atoms with Gasteiger partial charge in [-0.25, -0.2) is 0 Å². The van der Waals surface area contributed by atoms with E-state index < -0.39 is 17.7 Å². The first kappa shape index (κ1) is 23.0. The van der Waals surface area contributed by atoms with E-state index in [0.717, 1.165) is 36.1 Å². The largest absolute Gasteiger partial charge is 0.507 e. The Morgan fingerprint density at radius 3 is 2.50 bits per heavy atom. The fourth-order valence-corrected chi connectivity index (χ4v) is 4.73. The molecule has 2 aromatic rings. The third-order valence-electron chi connectivity index (χ3n) is 5.80. The normalized spacial score (nSPS) is 21.3. The van der Waals surface area contributed by atoms with Crippen molar-refractivity contribution in [3.63, 3.8) is 0 Å². The summed E-state index contributed by atoms with van der Waals surface area (Å²) in [6, 6.07) is 13.4. The molecule has 0 radical (unpaired) electrons. The Morgan fingerprint density at radius 1 is 1.09 bits per heavy atom. The summed E-state index contributed by atoms with van der Waals surface area (Å²) in [6.45, 7) is 4.38. The van der Waals surface area contributed by atoms with E-state index in [1.54, 1.807) is 29.2 Å². The molecule has 8 heteroatoms. The number of benzene rings is 2. The molecule has 1 atom stereocenters. The van der Waals surface area contributed by atoms with Gasteiger partial charge in [-0.3, -0.25) is 14.5 Å². The molecule has 2 aromatic carbocycles. The fraction of sp³-hybridized carbons (Fsp3) is 0.333. The summed E-state index contributed by atoms with van der Waals surface area (Å²) in [5, 5.41) is 11.6. The highest BCUT2D eigenvalue weighted by atomic mass is 79.9. The Balaban J connectivity index is 1.67. The van der Waals surface area contributed by atoms with Crippen LogP contribution in [-0.4, -0.2) is 66.0 Å². The molecule has 1 amide bonds. The number of likely N-dealkylation sites (tertiary alicyclic amines) is 1. The lowest BCUT2D eigenvalue weighted by Crippen LogP contribution is -2.38. The molecule has 0 unspecified atom stereocenters. The smallest absolute Gasteiger partial charge is 0.295 e. The Kier molecular flexibility index (Phi) is 7.30. The molecule has 4 rings (SSSR count). The van der Waals surface area contributed by atoms with Gasteiger partial charge in [0.25, 0.3) is 11.7 Å². The average Bonchev–Trinajstić information content (AvgIpc) is 3.05. The highest BCUT2D eigenvalue weighted by Crippen LogP contribution is 2.40. The molecule has 2 saturated heterocycles. The highest BCUT2D eigenvalue weighted by Gasteiger charge is 2.45. The van der Waals surface area contributed by atoms with Crippen molar-refractivity contribution in [3.05, 3.63) is 74.7 Å². The van der Waals surface area contributed by atoms with E-state index in [4.69, 9.17) is 16.3 Å². The molecular weight excluding hydrogens is 496 g/mol. The zero-order chi connectivity index (χ0) is 22.7. The molecule has 6 nitrogen and oxygen atoms in total. The second-order valence-corrected chi connectivity index (χ2v) is 9.21. The number of nitrogens with zero attached hydrogens (tertiary/aromatic N) is 2. The van der Waals surface area contributed by atoms with E-state index in [1.165, 1.54) is 0 Å². The van der Waals surface area contributed by atoms with Crippen LogP contribution in [0.3, 0.4) is 0 Å². The van der Waals surface area contributed by atoms with Gasteiger partial charge in [0.05, 0.1) is 24.8 Å². The molecule has 2 aliphatic rings. The lowest BCUT2D eigenvalue weighted by atomic mass is 9.95. The van der Waals surface area contributed by atoms with Crippen LogP contribution in [-0.2, 0) is 14.3 Å². The first-order valence-corrected chi connectivity index (χ1v) is 11.7. The van der Waals surface area contributed by atoms with Gasteiger partial charge in [-0.05, 0) is 48.4 Å². The van der Waals surface area contributed by atoms with Crippen LogP contribution in [0.25, 0.3) is 5.76 Å². The number of aliphatic hydroxyl groups excluding tert-OH is 1. The van der Waals surface area contributed by atoms with E-state index in [-0.39, 0.29) is 11.3 Å². The standard InChI is InChI=1S/C24H24BrClN2O4/c25-18-4-1-3-17(15-18)21-20(22(29)16-5-7-19(26)8-6-16)23(30)24(31)28(21)10-2-9-27-11-13-32-14-12-27/h1,3-8,15,21,29H,2,9-14H2/b22-20+/t21-/m0/s1. The maximum absolute atomic E-state index is 13.1. The van der Waals surface area contributed by atoms with Crippen LogP contribution in [0, 0.1) is 0 Å². The number of hydrogen-bond acceptors (Lipinski definition) is 5. The molecule has 2 heterocycles. The lowest BCUT2D eigenvalue weighted by Gasteiger charge is -2.29. The third-order valence-corrected chi connectivity index (χ3v) is 6.54. The molecule has 2 aliphatic heterocycles. The van der Waals surface area contributed by atoms with Crippen molar-refractivity contribution in [1.29, 1.82) is 0 Å². The number of halogens is 2. The van der Waals surface area contributed by atoms with E-state index >= 15 is 0 Å². The minimum atomic E-state index is -0.672. The van der Waals surface area contributed by atoms with Gasteiger partial charge in [-0.15, -0.1) is 0 Å². The predicted octanol–water partition coefficient (Wildman–Crippen LogP) is 4.25. The number of amides is 1. The number of Topliss-reactive ketones (excluding diaryl/α,β-unsaturated/α-hetero) is 1. The summed E-state index contributed by atoms with van der Waals surface area (Å²) in [7, 11) is 0. The van der Waals surface area contributed by atoms with E-state index in [0.29, 0.717) is 30.3 Å². The first-order chi connectivity index (χ1) is 15.5. The number of rotatable bonds is 6. The van der Waals surface area contributed by atoms with Gasteiger partial charge in [-0.2, -0.15) is 0 Å². The van der Waals surface area contributed by atoms with E-state index in [9.17, 15) is 14.7 Å². The highest BCUT2D eigenvalue weighted by molar-refractivity contribution is 9.10. The minimum Gasteiger partial charge on any atom is -0.507 e. The molecular formula is C24H24BrClN2O4. The van der Waals surface area contributed by atoms with Crippen LogP contribution in [0.4, 0.5) is 0 Å². The average molecular weight is 520 g/mol. The van der Waals surface area contributed by atoms with Crippen LogP contribution in [0.1, 0.15) is 23.6 Å². The van der Waals surface area contributed by atoms with Crippen LogP contribution in [0.15, 0.2) is 58.6 Å². The van der Waals surface area contributed by atoms with Gasteiger partial charge in [0.15, 0.2) is 0 Å². The Bertz CT molecular complexity index is 1030. The van der Waals surface area contributed by atoms with Crippen molar-refractivity contribution in [1.82, 2.24) is 9.80 Å². The molecule has 0 bridgehead atoms. The van der Waals surface area contributed by atoms with Crippen LogP contribution in [0.2, 0.25) is 5.02 Å². The Labute approximate surface area is 200 Å². The quantitative estimate of drug-likeness (QED) is 0.351. The van der Waals surface area contributed by atoms with Crippen molar-refractivity contribution < 1.29 is 19.4 Å². The van der Waals surface area contributed by atoms with Gasteiger partial charge < -0.3 is 14.7 Å². The van der Waals surface area contributed by atoms with E-state index in [1.807, 2.05) is 24.3 Å². The maximum atomic E-state index is 13.1. The van der Waals surface area contributed by atoms with Gasteiger partial charge >= 0.3 is 0 Å². The van der Waals surface area contributed by atoms with Crippen molar-refractivity contribution in [2.45, 2.75) is 12.5 Å². The predicted molar refractivity (Wildman–Crippen MR) is 126 cm³/mol. The number of aliphatic hydroxyl groups is 1. The van der Waals surface area contributed by atoms with Crippen LogP contribution < -0.4 is 0 Å². The molecule has 0 spiro atoms. The number of carbonyl (C=O) groups excluding carboxylic acids is 2. The number of carbonyl (C=O) groups is 2. The molecule has 0 saturated carbocycles. The van der Waals surface area contributed by atoms with Crippen molar-refractivity contribution in [3.8, 4) is 0 Å². The maximum Gasteiger partial charge on any atom is 0.295 e. The number of hydrogen-bond donors (Lipinski definition) is 1. The molecule has 1 N–H and O–H groups in total. The van der Waals surface area contributed by atoms with Crippen molar-refractivity contribution >= 4 is 45.0 Å². The third kappa shape index (κ3) is 4.91. The summed E-state index contributed by atoms with van der Waals surface area (Å²) >= 11 is 9.44. The van der Waals surface area contributed by atoms with Crippen molar-refractivity contribution in [2.24, 2.45) is 0 Å². The summed E-state index contributed by atoms with van der Waals surface area (Å²) in [5.74, 6) is -1.46. The SMILES string of the molecule is O=C1C(=O)N(CCCN2CCOCC2)[C@@H](c2cccc(Br)c2)/C1=C(\O)c1ccc(Cl)cc1. The zero-order valence-electron chi connectivity index (χ0n) is 17.5. The first-order valence-electron chi connectivity index (χ1n) is 10.6. The molecule has 32 heavy (non-hydrogen) atoms. The second-order valence-electron chi connectivity index (χ2n) is 7.86. The molecule has 2 fully saturated rings. The molecule has 168 valence electrons. The van der Waals surface area contributed by atoms with Gasteiger partial charge in [-0.1, -0.05) is 39.7 Å². The van der Waals surface area contributed by atoms with Crippen LogP contribution in [0.5, 0.6) is 0 Å².